The summed E-state index contributed by atoms with van der Waals surface area (Å²) in [5, 5.41) is 6.41. The SMILES string of the molecule is CCOCc1ccc(Nc2ncnc3sccc23)cc1. The molecule has 5 heteroatoms. The van der Waals surface area contributed by atoms with E-state index in [9.17, 15) is 0 Å². The third kappa shape index (κ3) is 2.79. The van der Waals surface area contributed by atoms with Crippen molar-refractivity contribution < 1.29 is 4.74 Å². The molecule has 1 N–H and O–H groups in total. The maximum atomic E-state index is 5.39. The quantitative estimate of drug-likeness (QED) is 0.770. The Morgan fingerprint density at radius 1 is 1.15 bits per heavy atom. The van der Waals surface area contributed by atoms with Gasteiger partial charge in [-0.1, -0.05) is 12.1 Å². The summed E-state index contributed by atoms with van der Waals surface area (Å²) < 4.78 is 5.39. The molecule has 2 aromatic heterocycles. The number of rotatable bonds is 5. The van der Waals surface area contributed by atoms with E-state index in [1.807, 2.05) is 30.5 Å². The highest BCUT2D eigenvalue weighted by atomic mass is 32.1. The lowest BCUT2D eigenvalue weighted by molar-refractivity contribution is 0.134. The van der Waals surface area contributed by atoms with Crippen molar-refractivity contribution in [2.24, 2.45) is 0 Å². The highest BCUT2D eigenvalue weighted by molar-refractivity contribution is 7.16. The zero-order valence-corrected chi connectivity index (χ0v) is 12.0. The van der Waals surface area contributed by atoms with Crippen molar-refractivity contribution >= 4 is 33.1 Å². The van der Waals surface area contributed by atoms with Crippen LogP contribution in [-0.4, -0.2) is 16.6 Å². The van der Waals surface area contributed by atoms with Crippen LogP contribution < -0.4 is 5.32 Å². The molecule has 0 aliphatic rings. The van der Waals surface area contributed by atoms with Gasteiger partial charge in [-0.3, -0.25) is 0 Å². The molecule has 102 valence electrons. The molecule has 0 aliphatic heterocycles. The second kappa shape index (κ2) is 5.98. The molecule has 0 fully saturated rings. The summed E-state index contributed by atoms with van der Waals surface area (Å²) in [6.45, 7) is 3.38. The van der Waals surface area contributed by atoms with Gasteiger partial charge in [-0.2, -0.15) is 0 Å². The summed E-state index contributed by atoms with van der Waals surface area (Å²) in [6.07, 6.45) is 1.59. The van der Waals surface area contributed by atoms with Gasteiger partial charge >= 0.3 is 0 Å². The normalized spacial score (nSPS) is 10.8. The molecule has 2 heterocycles. The van der Waals surface area contributed by atoms with E-state index in [1.165, 1.54) is 5.56 Å². The van der Waals surface area contributed by atoms with Crippen molar-refractivity contribution in [3.05, 3.63) is 47.6 Å². The van der Waals surface area contributed by atoms with Crippen LogP contribution in [0.25, 0.3) is 10.2 Å². The first-order chi connectivity index (χ1) is 9.86. The second-order valence-electron chi connectivity index (χ2n) is 4.32. The molecule has 0 atom stereocenters. The number of anilines is 2. The predicted molar refractivity (Wildman–Crippen MR) is 82.5 cm³/mol. The average Bonchev–Trinajstić information content (AvgIpc) is 2.96. The summed E-state index contributed by atoms with van der Waals surface area (Å²) in [5.74, 6) is 0.841. The minimum atomic E-state index is 0.652. The van der Waals surface area contributed by atoms with Gasteiger partial charge in [0.25, 0.3) is 0 Å². The van der Waals surface area contributed by atoms with Gasteiger partial charge in [0, 0.05) is 12.3 Å². The van der Waals surface area contributed by atoms with Crippen molar-refractivity contribution in [3.8, 4) is 0 Å². The maximum absolute atomic E-state index is 5.39. The fraction of sp³-hybridized carbons (Fsp3) is 0.200. The van der Waals surface area contributed by atoms with Gasteiger partial charge in [0.15, 0.2) is 0 Å². The van der Waals surface area contributed by atoms with Crippen LogP contribution in [0.2, 0.25) is 0 Å². The van der Waals surface area contributed by atoms with Crippen LogP contribution in [0.4, 0.5) is 11.5 Å². The molecule has 1 aromatic carbocycles. The van der Waals surface area contributed by atoms with Crippen molar-refractivity contribution in [1.29, 1.82) is 0 Å². The van der Waals surface area contributed by atoms with Crippen molar-refractivity contribution in [2.75, 3.05) is 11.9 Å². The van der Waals surface area contributed by atoms with E-state index in [0.717, 1.165) is 28.3 Å². The van der Waals surface area contributed by atoms with Gasteiger partial charge in [0.05, 0.1) is 12.0 Å². The van der Waals surface area contributed by atoms with Gasteiger partial charge in [-0.25, -0.2) is 9.97 Å². The van der Waals surface area contributed by atoms with E-state index in [-0.39, 0.29) is 0 Å². The minimum Gasteiger partial charge on any atom is -0.377 e. The number of hydrogen-bond acceptors (Lipinski definition) is 5. The molecule has 0 radical (unpaired) electrons. The number of nitrogens with zero attached hydrogens (tertiary/aromatic N) is 2. The average molecular weight is 285 g/mol. The van der Waals surface area contributed by atoms with Crippen LogP contribution in [0.5, 0.6) is 0 Å². The molecule has 3 rings (SSSR count). The van der Waals surface area contributed by atoms with Crippen LogP contribution in [0.15, 0.2) is 42.0 Å². The molecule has 20 heavy (non-hydrogen) atoms. The third-order valence-electron chi connectivity index (χ3n) is 2.95. The largest absolute Gasteiger partial charge is 0.377 e. The Hall–Kier alpha value is -1.98. The minimum absolute atomic E-state index is 0.652. The maximum Gasteiger partial charge on any atom is 0.142 e. The molecule has 3 aromatic rings. The number of thiophene rings is 1. The van der Waals surface area contributed by atoms with Crippen LogP contribution in [0.3, 0.4) is 0 Å². The zero-order chi connectivity index (χ0) is 13.8. The summed E-state index contributed by atoms with van der Waals surface area (Å²) in [7, 11) is 0. The van der Waals surface area contributed by atoms with E-state index < -0.39 is 0 Å². The predicted octanol–water partition coefficient (Wildman–Crippen LogP) is 3.97. The fourth-order valence-corrected chi connectivity index (χ4v) is 2.66. The van der Waals surface area contributed by atoms with Crippen LogP contribution >= 0.6 is 11.3 Å². The number of hydrogen-bond donors (Lipinski definition) is 1. The molecule has 0 saturated carbocycles. The standard InChI is InChI=1S/C15H15N3OS/c1-2-19-9-11-3-5-12(6-4-11)18-14-13-7-8-20-15(13)17-10-16-14/h3-8,10H,2,9H2,1H3,(H,16,17,18). The zero-order valence-electron chi connectivity index (χ0n) is 11.2. The van der Waals surface area contributed by atoms with Crippen molar-refractivity contribution in [2.45, 2.75) is 13.5 Å². The van der Waals surface area contributed by atoms with Gasteiger partial charge in [-0.05, 0) is 36.1 Å². The highest BCUT2D eigenvalue weighted by Crippen LogP contribution is 2.26. The Morgan fingerprint density at radius 3 is 2.80 bits per heavy atom. The first kappa shape index (κ1) is 13.0. The molecule has 0 unspecified atom stereocenters. The second-order valence-corrected chi connectivity index (χ2v) is 5.22. The molecule has 0 amide bonds. The summed E-state index contributed by atoms with van der Waals surface area (Å²) in [4.78, 5) is 9.54. The van der Waals surface area contributed by atoms with Gasteiger partial charge < -0.3 is 10.1 Å². The van der Waals surface area contributed by atoms with Crippen LogP contribution in [0.1, 0.15) is 12.5 Å². The lowest BCUT2D eigenvalue weighted by atomic mass is 10.2. The molecule has 0 spiro atoms. The molecular weight excluding hydrogens is 270 g/mol. The first-order valence-electron chi connectivity index (χ1n) is 6.48. The summed E-state index contributed by atoms with van der Waals surface area (Å²) in [6, 6.07) is 10.2. The van der Waals surface area contributed by atoms with Crippen molar-refractivity contribution in [1.82, 2.24) is 9.97 Å². The Morgan fingerprint density at radius 2 is 2.00 bits per heavy atom. The van der Waals surface area contributed by atoms with Crippen LogP contribution in [0, 0.1) is 0 Å². The Labute approximate surface area is 121 Å². The third-order valence-corrected chi connectivity index (χ3v) is 3.77. The van der Waals surface area contributed by atoms with E-state index in [4.69, 9.17) is 4.74 Å². The molecule has 0 bridgehead atoms. The number of ether oxygens (including phenoxy) is 1. The van der Waals surface area contributed by atoms with Gasteiger partial charge in [0.2, 0.25) is 0 Å². The molecular formula is C15H15N3OS. The Bertz CT molecular complexity index is 694. The highest BCUT2D eigenvalue weighted by Gasteiger charge is 2.04. The molecule has 0 saturated heterocycles. The molecule has 0 aliphatic carbocycles. The monoisotopic (exact) mass is 285 g/mol. The number of nitrogens with one attached hydrogen (secondary N) is 1. The Kier molecular flexibility index (Phi) is 3.90. The smallest absolute Gasteiger partial charge is 0.142 e. The van der Waals surface area contributed by atoms with Gasteiger partial charge in [0.1, 0.15) is 17.0 Å². The Balaban J connectivity index is 1.79. The van der Waals surface area contributed by atoms with Gasteiger partial charge in [-0.15, -0.1) is 11.3 Å². The number of benzene rings is 1. The van der Waals surface area contributed by atoms with E-state index in [1.54, 1.807) is 17.7 Å². The number of fused-ring (bicyclic) bond motifs is 1. The summed E-state index contributed by atoms with van der Waals surface area (Å²) >= 11 is 1.62. The lowest BCUT2D eigenvalue weighted by Crippen LogP contribution is -1.96. The topological polar surface area (TPSA) is 47.0 Å². The fourth-order valence-electron chi connectivity index (χ4n) is 1.93. The van der Waals surface area contributed by atoms with E-state index in [0.29, 0.717) is 6.61 Å². The van der Waals surface area contributed by atoms with E-state index in [2.05, 4.69) is 27.4 Å². The van der Waals surface area contributed by atoms with Crippen LogP contribution in [-0.2, 0) is 11.3 Å². The first-order valence-corrected chi connectivity index (χ1v) is 7.36. The molecule has 4 nitrogen and oxygen atoms in total. The van der Waals surface area contributed by atoms with Crippen molar-refractivity contribution in [3.63, 3.8) is 0 Å². The lowest BCUT2D eigenvalue weighted by Gasteiger charge is -2.07. The summed E-state index contributed by atoms with van der Waals surface area (Å²) in [5.41, 5.74) is 2.18. The van der Waals surface area contributed by atoms with E-state index >= 15 is 0 Å². The number of aromatic nitrogens is 2.